The molecule has 1 N–H and O–H groups in total. The van der Waals surface area contributed by atoms with Gasteiger partial charge in [0.15, 0.2) is 0 Å². The molecule has 2 aromatic heterocycles. The van der Waals surface area contributed by atoms with Gasteiger partial charge in [0.1, 0.15) is 0 Å². The molecular weight excluding hydrogens is 292 g/mol. The van der Waals surface area contributed by atoms with E-state index in [1.807, 2.05) is 18.4 Å². The van der Waals surface area contributed by atoms with Gasteiger partial charge < -0.3 is 15.4 Å². The zero-order valence-electron chi connectivity index (χ0n) is 11.8. The number of hydrogen-bond acceptors (Lipinski definition) is 5. The second-order valence-corrected chi connectivity index (χ2v) is 5.53. The maximum Gasteiger partial charge on any atom is 0.390 e. The van der Waals surface area contributed by atoms with Crippen LogP contribution in [0.3, 0.4) is 0 Å². The van der Waals surface area contributed by atoms with Gasteiger partial charge >= 0.3 is 5.82 Å². The highest BCUT2D eigenvalue weighted by atomic mass is 32.1. The van der Waals surface area contributed by atoms with Gasteiger partial charge in [-0.25, -0.2) is 0 Å². The molecule has 8 heteroatoms. The van der Waals surface area contributed by atoms with Gasteiger partial charge in [0.25, 0.3) is 5.91 Å². The molecule has 0 aliphatic carbocycles. The summed E-state index contributed by atoms with van der Waals surface area (Å²) in [5.74, 6) is -0.311. The molecule has 0 spiro atoms. The number of amides is 1. The van der Waals surface area contributed by atoms with Gasteiger partial charge in [-0.2, -0.15) is 4.68 Å². The van der Waals surface area contributed by atoms with E-state index < -0.39 is 4.92 Å². The molecule has 1 amide bonds. The van der Waals surface area contributed by atoms with E-state index in [9.17, 15) is 14.9 Å². The molecule has 0 unspecified atom stereocenters. The quantitative estimate of drug-likeness (QED) is 0.654. The summed E-state index contributed by atoms with van der Waals surface area (Å²) in [5.41, 5.74) is 1.35. The van der Waals surface area contributed by atoms with Crippen molar-refractivity contribution in [3.8, 4) is 0 Å². The van der Waals surface area contributed by atoms with Crippen LogP contribution >= 0.6 is 11.3 Å². The van der Waals surface area contributed by atoms with Crippen LogP contribution in [-0.4, -0.2) is 27.2 Å². The molecule has 0 bridgehead atoms. The number of thiophene rings is 1. The SMILES string of the molecule is CCc1cc(C(=O)NCCn2nc([N+](=O)[O-])cc2C)cs1. The summed E-state index contributed by atoms with van der Waals surface area (Å²) in [6.07, 6.45) is 0.911. The van der Waals surface area contributed by atoms with Gasteiger partial charge in [0, 0.05) is 16.8 Å². The summed E-state index contributed by atoms with van der Waals surface area (Å²) in [7, 11) is 0. The van der Waals surface area contributed by atoms with Crippen molar-refractivity contribution >= 4 is 23.1 Å². The number of rotatable bonds is 6. The topological polar surface area (TPSA) is 90.1 Å². The number of aromatic nitrogens is 2. The van der Waals surface area contributed by atoms with E-state index in [1.54, 1.807) is 18.3 Å². The Bertz CT molecular complexity index is 662. The number of hydrogen-bond donors (Lipinski definition) is 1. The first-order valence-electron chi connectivity index (χ1n) is 6.55. The number of carbonyl (C=O) groups is 1. The molecule has 0 aliphatic heterocycles. The smallest absolute Gasteiger partial charge is 0.358 e. The largest absolute Gasteiger partial charge is 0.390 e. The first kappa shape index (κ1) is 15.2. The average Bonchev–Trinajstić information content (AvgIpc) is 3.06. The van der Waals surface area contributed by atoms with Crippen molar-refractivity contribution in [2.24, 2.45) is 0 Å². The van der Waals surface area contributed by atoms with Crippen molar-refractivity contribution < 1.29 is 9.72 Å². The maximum absolute atomic E-state index is 11.9. The Balaban J connectivity index is 1.89. The van der Waals surface area contributed by atoms with Gasteiger partial charge in [-0.3, -0.25) is 4.79 Å². The number of aryl methyl sites for hydroxylation is 2. The van der Waals surface area contributed by atoms with Gasteiger partial charge in [0.05, 0.1) is 29.0 Å². The lowest BCUT2D eigenvalue weighted by molar-refractivity contribution is -0.389. The van der Waals surface area contributed by atoms with E-state index in [4.69, 9.17) is 0 Å². The van der Waals surface area contributed by atoms with E-state index >= 15 is 0 Å². The predicted molar refractivity (Wildman–Crippen MR) is 79.6 cm³/mol. The Morgan fingerprint density at radius 1 is 1.52 bits per heavy atom. The van der Waals surface area contributed by atoms with Crippen molar-refractivity contribution in [2.45, 2.75) is 26.8 Å². The molecule has 112 valence electrons. The minimum absolute atomic E-state index is 0.134. The van der Waals surface area contributed by atoms with E-state index in [0.717, 1.165) is 6.42 Å². The van der Waals surface area contributed by atoms with Gasteiger partial charge in [-0.15, -0.1) is 11.3 Å². The van der Waals surface area contributed by atoms with Crippen LogP contribution < -0.4 is 5.32 Å². The van der Waals surface area contributed by atoms with E-state index in [0.29, 0.717) is 24.3 Å². The molecule has 0 aromatic carbocycles. The van der Waals surface area contributed by atoms with Gasteiger partial charge in [-0.05, 0) is 24.3 Å². The predicted octanol–water partition coefficient (Wildman–Crippen LogP) is 2.15. The fraction of sp³-hybridized carbons (Fsp3) is 0.385. The second kappa shape index (κ2) is 6.49. The summed E-state index contributed by atoms with van der Waals surface area (Å²) < 4.78 is 1.52. The van der Waals surface area contributed by atoms with Crippen LogP contribution in [0.5, 0.6) is 0 Å². The lowest BCUT2D eigenvalue weighted by Gasteiger charge is -2.03. The lowest BCUT2D eigenvalue weighted by atomic mass is 10.2. The molecule has 0 saturated heterocycles. The van der Waals surface area contributed by atoms with Gasteiger partial charge in [0.2, 0.25) is 0 Å². The lowest BCUT2D eigenvalue weighted by Crippen LogP contribution is -2.27. The Hall–Kier alpha value is -2.22. The third kappa shape index (κ3) is 3.66. The van der Waals surface area contributed by atoms with Crippen molar-refractivity contribution in [1.82, 2.24) is 15.1 Å². The summed E-state index contributed by atoms with van der Waals surface area (Å²) in [6.45, 7) is 4.56. The minimum Gasteiger partial charge on any atom is -0.358 e. The number of nitrogens with zero attached hydrogens (tertiary/aromatic N) is 3. The molecule has 0 fully saturated rings. The van der Waals surface area contributed by atoms with E-state index in [-0.39, 0.29) is 11.7 Å². The van der Waals surface area contributed by atoms with Crippen LogP contribution in [0.25, 0.3) is 0 Å². The molecule has 7 nitrogen and oxygen atoms in total. The Morgan fingerprint density at radius 3 is 2.86 bits per heavy atom. The third-order valence-corrected chi connectivity index (χ3v) is 4.11. The molecule has 2 heterocycles. The molecule has 2 rings (SSSR count). The van der Waals surface area contributed by atoms with Crippen molar-refractivity contribution in [3.05, 3.63) is 43.8 Å². The van der Waals surface area contributed by atoms with Gasteiger partial charge in [-0.1, -0.05) is 6.92 Å². The van der Waals surface area contributed by atoms with E-state index in [2.05, 4.69) is 10.4 Å². The van der Waals surface area contributed by atoms with Crippen LogP contribution in [0.1, 0.15) is 27.9 Å². The summed E-state index contributed by atoms with van der Waals surface area (Å²) in [6, 6.07) is 3.29. The standard InChI is InChI=1S/C13H16N4O3S/c1-3-11-7-10(8-21-11)13(18)14-4-5-16-9(2)6-12(15-16)17(19)20/h6-8H,3-5H2,1-2H3,(H,14,18). The highest BCUT2D eigenvalue weighted by molar-refractivity contribution is 7.10. The van der Waals surface area contributed by atoms with Crippen LogP contribution in [-0.2, 0) is 13.0 Å². The Morgan fingerprint density at radius 2 is 2.29 bits per heavy atom. The van der Waals surface area contributed by atoms with E-state index in [1.165, 1.54) is 15.6 Å². The minimum atomic E-state index is -0.528. The monoisotopic (exact) mass is 308 g/mol. The summed E-state index contributed by atoms with van der Waals surface area (Å²) >= 11 is 1.56. The number of nitro groups is 1. The highest BCUT2D eigenvalue weighted by Gasteiger charge is 2.15. The summed E-state index contributed by atoms with van der Waals surface area (Å²) in [4.78, 5) is 23.2. The zero-order valence-corrected chi connectivity index (χ0v) is 12.6. The highest BCUT2D eigenvalue weighted by Crippen LogP contribution is 2.15. The number of carbonyl (C=O) groups excluding carboxylic acids is 1. The van der Waals surface area contributed by atoms with Crippen molar-refractivity contribution in [1.29, 1.82) is 0 Å². The number of nitrogens with one attached hydrogen (secondary N) is 1. The second-order valence-electron chi connectivity index (χ2n) is 4.54. The first-order valence-corrected chi connectivity index (χ1v) is 7.43. The zero-order chi connectivity index (χ0) is 15.4. The normalized spacial score (nSPS) is 10.6. The van der Waals surface area contributed by atoms with Crippen LogP contribution in [0.15, 0.2) is 17.5 Å². The van der Waals surface area contributed by atoms with Crippen molar-refractivity contribution in [3.63, 3.8) is 0 Å². The third-order valence-electron chi connectivity index (χ3n) is 3.03. The maximum atomic E-state index is 11.9. The van der Waals surface area contributed by atoms with Crippen molar-refractivity contribution in [2.75, 3.05) is 6.54 Å². The Kier molecular flexibility index (Phi) is 4.69. The van der Waals surface area contributed by atoms with Crippen LogP contribution in [0, 0.1) is 17.0 Å². The first-order chi connectivity index (χ1) is 10.0. The molecule has 2 aromatic rings. The fourth-order valence-corrected chi connectivity index (χ4v) is 2.69. The molecule has 0 radical (unpaired) electrons. The summed E-state index contributed by atoms with van der Waals surface area (Å²) in [5, 5.41) is 19.1. The fourth-order valence-electron chi connectivity index (χ4n) is 1.87. The Labute approximate surface area is 125 Å². The molecule has 21 heavy (non-hydrogen) atoms. The van der Waals surface area contributed by atoms with Crippen LogP contribution in [0.2, 0.25) is 0 Å². The molecular formula is C13H16N4O3S. The molecule has 0 saturated carbocycles. The average molecular weight is 308 g/mol. The molecule has 0 atom stereocenters. The molecule has 0 aliphatic rings. The van der Waals surface area contributed by atoms with Crippen LogP contribution in [0.4, 0.5) is 5.82 Å².